The molecule has 26 heavy (non-hydrogen) atoms. The van der Waals surface area contributed by atoms with Crippen LogP contribution < -0.4 is 4.72 Å². The van der Waals surface area contributed by atoms with E-state index < -0.39 is 20.6 Å². The van der Waals surface area contributed by atoms with Crippen LogP contribution in [-0.4, -0.2) is 51.1 Å². The van der Waals surface area contributed by atoms with E-state index in [1.54, 1.807) is 11.3 Å². The quantitative estimate of drug-likeness (QED) is 0.566. The monoisotopic (exact) mass is 397 g/mol. The number of nitrogens with zero attached hydrogens (tertiary/aromatic N) is 2. The number of hydrogen-bond acceptors (Lipinski definition) is 7. The van der Waals surface area contributed by atoms with Crippen LogP contribution in [-0.2, 0) is 14.8 Å². The van der Waals surface area contributed by atoms with Crippen molar-refractivity contribution in [3.05, 3.63) is 56.8 Å². The standard InChI is InChI=1S/C16H19N3O5S2/c20-19(21)14-3-1-2-4-16(14)26(22,23)17-11-15(13-5-10-25-12-13)18-6-8-24-9-7-18/h1-5,10,12,15,17H,6-9,11H2. The Morgan fingerprint density at radius 1 is 1.27 bits per heavy atom. The van der Waals surface area contributed by atoms with Gasteiger partial charge in [-0.2, -0.15) is 11.3 Å². The zero-order valence-corrected chi connectivity index (χ0v) is 15.5. The highest BCUT2D eigenvalue weighted by Crippen LogP contribution is 2.26. The van der Waals surface area contributed by atoms with Gasteiger partial charge in [-0.1, -0.05) is 12.1 Å². The normalized spacial score (nSPS) is 17.1. The minimum absolute atomic E-state index is 0.130. The van der Waals surface area contributed by atoms with Crippen LogP contribution >= 0.6 is 11.3 Å². The van der Waals surface area contributed by atoms with E-state index in [0.29, 0.717) is 26.3 Å². The van der Waals surface area contributed by atoms with Crippen LogP contribution in [0.5, 0.6) is 0 Å². The molecule has 0 saturated carbocycles. The van der Waals surface area contributed by atoms with Gasteiger partial charge in [0, 0.05) is 31.7 Å². The second-order valence-corrected chi connectivity index (χ2v) is 8.31. The Kier molecular flexibility index (Phi) is 5.99. The van der Waals surface area contributed by atoms with Crippen molar-refractivity contribution < 1.29 is 18.1 Å². The number of benzene rings is 1. The number of para-hydroxylation sites is 1. The van der Waals surface area contributed by atoms with Crippen molar-refractivity contribution in [1.82, 2.24) is 9.62 Å². The molecule has 1 saturated heterocycles. The molecule has 0 bridgehead atoms. The van der Waals surface area contributed by atoms with E-state index in [1.807, 2.05) is 16.8 Å². The average Bonchev–Trinajstić information content (AvgIpc) is 3.17. The van der Waals surface area contributed by atoms with Gasteiger partial charge in [-0.3, -0.25) is 15.0 Å². The Morgan fingerprint density at radius 2 is 2.00 bits per heavy atom. The lowest BCUT2D eigenvalue weighted by Crippen LogP contribution is -2.43. The second kappa shape index (κ2) is 8.23. The van der Waals surface area contributed by atoms with Gasteiger partial charge in [0.15, 0.2) is 4.90 Å². The van der Waals surface area contributed by atoms with Gasteiger partial charge in [-0.15, -0.1) is 0 Å². The van der Waals surface area contributed by atoms with Crippen LogP contribution in [0.25, 0.3) is 0 Å². The van der Waals surface area contributed by atoms with Crippen LogP contribution in [0.4, 0.5) is 5.69 Å². The molecule has 1 unspecified atom stereocenters. The van der Waals surface area contributed by atoms with Crippen molar-refractivity contribution in [1.29, 1.82) is 0 Å². The summed E-state index contributed by atoms with van der Waals surface area (Å²) in [4.78, 5) is 12.3. The number of morpholine rings is 1. The fraction of sp³-hybridized carbons (Fsp3) is 0.375. The van der Waals surface area contributed by atoms with Crippen molar-refractivity contribution in [3.63, 3.8) is 0 Å². The molecule has 1 N–H and O–H groups in total. The predicted molar refractivity (Wildman–Crippen MR) is 97.7 cm³/mol. The van der Waals surface area contributed by atoms with Gasteiger partial charge in [0.2, 0.25) is 10.0 Å². The number of thiophene rings is 1. The summed E-state index contributed by atoms with van der Waals surface area (Å²) in [5.41, 5.74) is 0.584. The molecule has 10 heteroatoms. The van der Waals surface area contributed by atoms with E-state index in [9.17, 15) is 18.5 Å². The first-order chi connectivity index (χ1) is 12.5. The molecule has 1 aliphatic rings. The number of nitrogens with one attached hydrogen (secondary N) is 1. The third-order valence-corrected chi connectivity index (χ3v) is 6.40. The number of ether oxygens (including phenoxy) is 1. The number of sulfonamides is 1. The summed E-state index contributed by atoms with van der Waals surface area (Å²) in [6, 6.07) is 7.16. The Hall–Kier alpha value is -1.85. The Balaban J connectivity index is 1.81. The highest BCUT2D eigenvalue weighted by Gasteiger charge is 2.28. The fourth-order valence-electron chi connectivity index (χ4n) is 2.91. The van der Waals surface area contributed by atoms with Crippen molar-refractivity contribution in [2.75, 3.05) is 32.8 Å². The van der Waals surface area contributed by atoms with Crippen LogP contribution in [0.1, 0.15) is 11.6 Å². The maximum Gasteiger partial charge on any atom is 0.289 e. The van der Waals surface area contributed by atoms with Gasteiger partial charge < -0.3 is 4.74 Å². The number of nitro groups is 1. The van der Waals surface area contributed by atoms with Gasteiger partial charge in [-0.05, 0) is 28.5 Å². The molecular weight excluding hydrogens is 378 g/mol. The molecule has 1 atom stereocenters. The molecule has 2 heterocycles. The summed E-state index contributed by atoms with van der Waals surface area (Å²) in [6.45, 7) is 2.72. The Bertz CT molecular complexity index is 849. The SMILES string of the molecule is O=[N+]([O-])c1ccccc1S(=O)(=O)NCC(c1ccsc1)N1CCOCC1. The van der Waals surface area contributed by atoms with Crippen LogP contribution in [0, 0.1) is 10.1 Å². The average molecular weight is 397 g/mol. The van der Waals surface area contributed by atoms with E-state index in [4.69, 9.17) is 4.74 Å². The molecule has 0 aliphatic carbocycles. The lowest BCUT2D eigenvalue weighted by atomic mass is 10.1. The third kappa shape index (κ3) is 4.27. The zero-order chi connectivity index (χ0) is 18.6. The lowest BCUT2D eigenvalue weighted by molar-refractivity contribution is -0.387. The fourth-order valence-corrected chi connectivity index (χ4v) is 4.83. The zero-order valence-electron chi connectivity index (χ0n) is 13.9. The van der Waals surface area contributed by atoms with Crippen LogP contribution in [0.15, 0.2) is 46.0 Å². The summed E-state index contributed by atoms with van der Waals surface area (Å²) in [5.74, 6) is 0. The largest absolute Gasteiger partial charge is 0.379 e. The maximum absolute atomic E-state index is 12.7. The van der Waals surface area contributed by atoms with Crippen molar-refractivity contribution >= 4 is 27.0 Å². The first kappa shape index (κ1) is 18.9. The van der Waals surface area contributed by atoms with Gasteiger partial charge >= 0.3 is 0 Å². The number of rotatable bonds is 7. The molecule has 1 aromatic heterocycles. The van der Waals surface area contributed by atoms with Crippen molar-refractivity contribution in [2.45, 2.75) is 10.9 Å². The van der Waals surface area contributed by atoms with Gasteiger partial charge in [-0.25, -0.2) is 13.1 Å². The topological polar surface area (TPSA) is 102 Å². The van der Waals surface area contributed by atoms with Crippen LogP contribution in [0.3, 0.4) is 0 Å². The highest BCUT2D eigenvalue weighted by molar-refractivity contribution is 7.89. The summed E-state index contributed by atoms with van der Waals surface area (Å²) in [6.07, 6.45) is 0. The second-order valence-electron chi connectivity index (χ2n) is 5.80. The molecule has 1 aromatic carbocycles. The Morgan fingerprint density at radius 3 is 2.65 bits per heavy atom. The molecule has 0 spiro atoms. The minimum Gasteiger partial charge on any atom is -0.379 e. The maximum atomic E-state index is 12.7. The van der Waals surface area contributed by atoms with E-state index in [-0.39, 0.29) is 17.5 Å². The van der Waals surface area contributed by atoms with E-state index in [0.717, 1.165) is 5.56 Å². The minimum atomic E-state index is -4.01. The first-order valence-corrected chi connectivity index (χ1v) is 10.5. The van der Waals surface area contributed by atoms with Crippen LogP contribution in [0.2, 0.25) is 0 Å². The van der Waals surface area contributed by atoms with E-state index >= 15 is 0 Å². The molecule has 1 aliphatic heterocycles. The van der Waals surface area contributed by atoms with E-state index in [1.165, 1.54) is 24.3 Å². The molecule has 0 radical (unpaired) electrons. The smallest absolute Gasteiger partial charge is 0.289 e. The molecule has 140 valence electrons. The van der Waals surface area contributed by atoms with Crippen molar-refractivity contribution in [2.24, 2.45) is 0 Å². The predicted octanol–water partition coefficient (Wildman–Crippen LogP) is 2.01. The van der Waals surface area contributed by atoms with Gasteiger partial charge in [0.1, 0.15) is 0 Å². The molecular formula is C16H19N3O5S2. The van der Waals surface area contributed by atoms with Gasteiger partial charge in [0.05, 0.1) is 18.1 Å². The first-order valence-electron chi connectivity index (χ1n) is 8.06. The molecule has 1 fully saturated rings. The molecule has 8 nitrogen and oxygen atoms in total. The molecule has 0 amide bonds. The lowest BCUT2D eigenvalue weighted by Gasteiger charge is -2.34. The highest BCUT2D eigenvalue weighted by atomic mass is 32.2. The number of hydrogen-bond donors (Lipinski definition) is 1. The van der Waals surface area contributed by atoms with Crippen molar-refractivity contribution in [3.8, 4) is 0 Å². The Labute approximate surface area is 155 Å². The van der Waals surface area contributed by atoms with E-state index in [2.05, 4.69) is 9.62 Å². The number of nitro benzene ring substituents is 1. The molecule has 2 aromatic rings. The summed E-state index contributed by atoms with van der Waals surface area (Å²) in [5, 5.41) is 15.1. The third-order valence-electron chi connectivity index (χ3n) is 4.23. The molecule has 3 rings (SSSR count). The summed E-state index contributed by atoms with van der Waals surface area (Å²) >= 11 is 1.54. The summed E-state index contributed by atoms with van der Waals surface area (Å²) in [7, 11) is -4.01. The van der Waals surface area contributed by atoms with Gasteiger partial charge in [0.25, 0.3) is 5.69 Å². The summed E-state index contributed by atoms with van der Waals surface area (Å²) < 4.78 is 33.2.